The molecule has 3 atom stereocenters. The van der Waals surface area contributed by atoms with Crippen LogP contribution < -0.4 is 10.1 Å². The molecule has 8 nitrogen and oxygen atoms in total. The van der Waals surface area contributed by atoms with E-state index in [1.165, 1.54) is 0 Å². The number of carbonyl (C=O) groups excluding carboxylic acids is 2. The van der Waals surface area contributed by atoms with Gasteiger partial charge in [-0.15, -0.1) is 0 Å². The van der Waals surface area contributed by atoms with Crippen molar-refractivity contribution in [1.82, 2.24) is 20.4 Å². The highest BCUT2D eigenvalue weighted by Crippen LogP contribution is 2.50. The molecule has 2 aliphatic rings. The predicted molar refractivity (Wildman–Crippen MR) is 113 cm³/mol. The van der Waals surface area contributed by atoms with E-state index in [1.807, 2.05) is 49.9 Å². The van der Waals surface area contributed by atoms with Gasteiger partial charge in [-0.25, -0.2) is 0 Å². The van der Waals surface area contributed by atoms with Crippen molar-refractivity contribution in [3.63, 3.8) is 0 Å². The number of likely N-dealkylation sites (tertiary alicyclic amines) is 1. The Morgan fingerprint density at radius 3 is 2.84 bits per heavy atom. The van der Waals surface area contributed by atoms with Crippen LogP contribution in [0.15, 0.2) is 28.8 Å². The summed E-state index contributed by atoms with van der Waals surface area (Å²) in [7, 11) is 0. The van der Waals surface area contributed by atoms with Gasteiger partial charge in [-0.3, -0.25) is 9.59 Å². The first-order valence-electron chi connectivity index (χ1n) is 10.9. The Labute approximate surface area is 182 Å². The summed E-state index contributed by atoms with van der Waals surface area (Å²) >= 11 is 0. The van der Waals surface area contributed by atoms with Crippen molar-refractivity contribution in [3.8, 4) is 5.75 Å². The Bertz CT molecular complexity index is 972. The molecule has 1 aliphatic heterocycles. The normalized spacial score (nSPS) is 25.0. The zero-order chi connectivity index (χ0) is 22.2. The minimum absolute atomic E-state index is 0.0258. The van der Waals surface area contributed by atoms with Crippen molar-refractivity contribution in [3.05, 3.63) is 41.5 Å². The first-order valence-corrected chi connectivity index (χ1v) is 10.9. The highest BCUT2D eigenvalue weighted by molar-refractivity contribution is 5.79. The lowest BCUT2D eigenvalue weighted by Crippen LogP contribution is -2.41. The first-order chi connectivity index (χ1) is 14.8. The molecule has 2 fully saturated rings. The van der Waals surface area contributed by atoms with E-state index in [1.54, 1.807) is 6.92 Å². The molecule has 2 amide bonds. The summed E-state index contributed by atoms with van der Waals surface area (Å²) in [6, 6.07) is 7.60. The van der Waals surface area contributed by atoms with Crippen molar-refractivity contribution >= 4 is 11.8 Å². The minimum atomic E-state index is -0.416. The summed E-state index contributed by atoms with van der Waals surface area (Å²) < 4.78 is 11.2. The maximum absolute atomic E-state index is 12.6. The standard InChI is InChI=1S/C23H30N4O4/c1-14(2)21(29)27-11-17-9-18(10-23(17,13-27)22-24-16(4)26-31-22)25-20(28)12-30-19-7-5-6-15(3)8-19/h5-8,14,17-18H,9-13H2,1-4H3,(H,25,28). The quantitative estimate of drug-likeness (QED) is 0.762. The summed E-state index contributed by atoms with van der Waals surface area (Å²) in [5.74, 6) is 1.92. The Balaban J connectivity index is 1.43. The molecule has 1 N–H and O–H groups in total. The SMILES string of the molecule is Cc1cccc(OCC(=O)NC2CC3CN(C(=O)C(C)C)CC3(c3nc(C)no3)C2)c1. The fraction of sp³-hybridized carbons (Fsp3) is 0.565. The molecule has 166 valence electrons. The zero-order valence-electron chi connectivity index (χ0n) is 18.6. The molecule has 0 spiro atoms. The van der Waals surface area contributed by atoms with Crippen LogP contribution in [0.4, 0.5) is 0 Å². The lowest BCUT2D eigenvalue weighted by molar-refractivity contribution is -0.134. The maximum Gasteiger partial charge on any atom is 0.258 e. The van der Waals surface area contributed by atoms with Gasteiger partial charge in [0.15, 0.2) is 12.4 Å². The van der Waals surface area contributed by atoms with Crippen LogP contribution in [0.3, 0.4) is 0 Å². The van der Waals surface area contributed by atoms with Crippen LogP contribution in [0.2, 0.25) is 0 Å². The van der Waals surface area contributed by atoms with E-state index >= 15 is 0 Å². The third-order valence-electron chi connectivity index (χ3n) is 6.36. The van der Waals surface area contributed by atoms with Crippen molar-refractivity contribution < 1.29 is 18.8 Å². The fourth-order valence-electron chi connectivity index (χ4n) is 4.97. The average molecular weight is 427 g/mol. The number of aromatic nitrogens is 2. The molecule has 1 aliphatic carbocycles. The van der Waals surface area contributed by atoms with Gasteiger partial charge in [0.1, 0.15) is 5.75 Å². The van der Waals surface area contributed by atoms with Crippen LogP contribution in [-0.4, -0.2) is 52.6 Å². The Hall–Kier alpha value is -2.90. The Morgan fingerprint density at radius 1 is 1.35 bits per heavy atom. The number of nitrogens with zero attached hydrogens (tertiary/aromatic N) is 3. The maximum atomic E-state index is 12.6. The smallest absolute Gasteiger partial charge is 0.258 e. The van der Waals surface area contributed by atoms with Gasteiger partial charge >= 0.3 is 0 Å². The van der Waals surface area contributed by atoms with Gasteiger partial charge in [0.25, 0.3) is 5.91 Å². The summed E-state index contributed by atoms with van der Waals surface area (Å²) in [6.45, 7) is 8.76. The molecule has 2 heterocycles. The third-order valence-corrected chi connectivity index (χ3v) is 6.36. The first kappa shape index (κ1) is 21.3. The zero-order valence-corrected chi connectivity index (χ0v) is 18.6. The fourth-order valence-corrected chi connectivity index (χ4v) is 4.97. The van der Waals surface area contributed by atoms with Gasteiger partial charge in [-0.2, -0.15) is 4.98 Å². The van der Waals surface area contributed by atoms with E-state index < -0.39 is 5.41 Å². The van der Waals surface area contributed by atoms with Gasteiger partial charge in [0.05, 0.1) is 5.41 Å². The van der Waals surface area contributed by atoms with Crippen LogP contribution in [0.25, 0.3) is 0 Å². The molecule has 4 rings (SSSR count). The lowest BCUT2D eigenvalue weighted by atomic mass is 9.80. The van der Waals surface area contributed by atoms with Crippen LogP contribution in [0.5, 0.6) is 5.75 Å². The Kier molecular flexibility index (Phi) is 5.73. The van der Waals surface area contributed by atoms with Gasteiger partial charge in [-0.05, 0) is 50.3 Å². The number of hydrogen-bond acceptors (Lipinski definition) is 6. The second-order valence-corrected chi connectivity index (χ2v) is 9.18. The van der Waals surface area contributed by atoms with E-state index in [9.17, 15) is 9.59 Å². The van der Waals surface area contributed by atoms with E-state index in [4.69, 9.17) is 9.26 Å². The molecular weight excluding hydrogens is 396 g/mol. The molecule has 2 aromatic rings. The minimum Gasteiger partial charge on any atom is -0.484 e. The highest BCUT2D eigenvalue weighted by Gasteiger charge is 2.58. The van der Waals surface area contributed by atoms with Gasteiger partial charge in [0.2, 0.25) is 11.8 Å². The third kappa shape index (κ3) is 4.29. The van der Waals surface area contributed by atoms with E-state index in [2.05, 4.69) is 15.5 Å². The summed E-state index contributed by atoms with van der Waals surface area (Å²) in [5.41, 5.74) is 0.667. The van der Waals surface area contributed by atoms with Crippen LogP contribution in [-0.2, 0) is 15.0 Å². The highest BCUT2D eigenvalue weighted by atomic mass is 16.5. The van der Waals surface area contributed by atoms with Crippen molar-refractivity contribution in [2.45, 2.75) is 52.0 Å². The summed E-state index contributed by atoms with van der Waals surface area (Å²) in [6.07, 6.45) is 1.43. The Morgan fingerprint density at radius 2 is 2.16 bits per heavy atom. The average Bonchev–Trinajstić information content (AvgIpc) is 3.38. The molecule has 3 unspecified atom stereocenters. The molecular formula is C23H30N4O4. The molecule has 1 saturated heterocycles. The van der Waals surface area contributed by atoms with Crippen molar-refractivity contribution in [2.24, 2.45) is 11.8 Å². The molecule has 1 aromatic carbocycles. The van der Waals surface area contributed by atoms with Crippen molar-refractivity contribution in [2.75, 3.05) is 19.7 Å². The molecule has 31 heavy (non-hydrogen) atoms. The molecule has 8 heteroatoms. The van der Waals surface area contributed by atoms with Gasteiger partial charge < -0.3 is 19.5 Å². The van der Waals surface area contributed by atoms with Crippen LogP contribution >= 0.6 is 0 Å². The van der Waals surface area contributed by atoms with E-state index in [-0.39, 0.29) is 36.3 Å². The van der Waals surface area contributed by atoms with Gasteiger partial charge in [0, 0.05) is 25.0 Å². The second-order valence-electron chi connectivity index (χ2n) is 9.18. The lowest BCUT2D eigenvalue weighted by Gasteiger charge is -2.26. The monoisotopic (exact) mass is 426 g/mol. The van der Waals surface area contributed by atoms with Crippen molar-refractivity contribution in [1.29, 1.82) is 0 Å². The number of hydrogen-bond donors (Lipinski definition) is 1. The van der Waals surface area contributed by atoms with Crippen LogP contribution in [0.1, 0.15) is 44.0 Å². The number of benzene rings is 1. The van der Waals surface area contributed by atoms with Gasteiger partial charge in [-0.1, -0.05) is 31.1 Å². The molecule has 1 aromatic heterocycles. The van der Waals surface area contributed by atoms with E-state index in [0.29, 0.717) is 37.0 Å². The number of nitrogens with one attached hydrogen (secondary N) is 1. The largest absolute Gasteiger partial charge is 0.484 e. The number of amides is 2. The molecule has 0 bridgehead atoms. The summed E-state index contributed by atoms with van der Waals surface area (Å²) in [4.78, 5) is 31.6. The number of carbonyl (C=O) groups is 2. The number of aryl methyl sites for hydroxylation is 2. The number of ether oxygens (including phenoxy) is 1. The number of fused-ring (bicyclic) bond motifs is 1. The molecule has 0 radical (unpaired) electrons. The van der Waals surface area contributed by atoms with Crippen LogP contribution in [0, 0.1) is 25.7 Å². The molecule has 1 saturated carbocycles. The predicted octanol–water partition coefficient (Wildman–Crippen LogP) is 2.40. The van der Waals surface area contributed by atoms with E-state index in [0.717, 1.165) is 12.0 Å². The second kappa shape index (κ2) is 8.32. The number of rotatable bonds is 6. The topological polar surface area (TPSA) is 97.6 Å². The summed E-state index contributed by atoms with van der Waals surface area (Å²) in [5, 5.41) is 7.08.